The van der Waals surface area contributed by atoms with Crippen LogP contribution in [0.25, 0.3) is 0 Å². The molecule has 2 N–H and O–H groups in total. The van der Waals surface area contributed by atoms with Gasteiger partial charge in [0.05, 0.1) is 17.8 Å². The highest BCUT2D eigenvalue weighted by atomic mass is 16.4. The van der Waals surface area contributed by atoms with Crippen LogP contribution in [0.2, 0.25) is 0 Å². The summed E-state index contributed by atoms with van der Waals surface area (Å²) in [6.07, 6.45) is 0.342. The van der Waals surface area contributed by atoms with E-state index in [0.29, 0.717) is 31.7 Å². The average molecular weight is 390 g/mol. The fraction of sp³-hybridized carbons (Fsp3) is 0.550. The van der Waals surface area contributed by atoms with Crippen LogP contribution >= 0.6 is 0 Å². The Kier molecular flexibility index (Phi) is 7.39. The minimum atomic E-state index is -1.07. The maximum absolute atomic E-state index is 12.0. The Balaban J connectivity index is 2.05. The standard InChI is InChI=1S/C20H30N4O4/c1-14(2)11-18(25)21-17-6-5-15(12-16(17)20(27)28)24-9-7-23(8-10-24)13-19(26)22(3)4/h5-6,12,14H,7-11,13H2,1-4H3,(H,21,25)(H,27,28). The van der Waals surface area contributed by atoms with Gasteiger partial charge in [-0.2, -0.15) is 0 Å². The maximum Gasteiger partial charge on any atom is 0.337 e. The molecule has 0 saturated carbocycles. The molecule has 0 unspecified atom stereocenters. The number of carbonyl (C=O) groups excluding carboxylic acids is 2. The van der Waals surface area contributed by atoms with Gasteiger partial charge in [-0.05, 0) is 24.1 Å². The predicted molar refractivity (Wildman–Crippen MR) is 109 cm³/mol. The number of carboxylic acid groups (broad SMARTS) is 1. The van der Waals surface area contributed by atoms with Gasteiger partial charge in [-0.15, -0.1) is 0 Å². The third-order valence-electron chi connectivity index (χ3n) is 4.70. The van der Waals surface area contributed by atoms with Crippen molar-refractivity contribution >= 4 is 29.2 Å². The van der Waals surface area contributed by atoms with E-state index in [1.54, 1.807) is 31.1 Å². The molecule has 1 aromatic carbocycles. The second kappa shape index (κ2) is 9.54. The number of carbonyl (C=O) groups is 3. The van der Waals surface area contributed by atoms with Crippen molar-refractivity contribution in [2.24, 2.45) is 5.92 Å². The number of likely N-dealkylation sites (N-methyl/N-ethyl adjacent to an activating group) is 1. The highest BCUT2D eigenvalue weighted by Gasteiger charge is 2.22. The molecule has 154 valence electrons. The number of hydrogen-bond donors (Lipinski definition) is 2. The SMILES string of the molecule is CC(C)CC(=O)Nc1ccc(N2CCN(CC(=O)N(C)C)CC2)cc1C(=O)O. The first kappa shape index (κ1) is 21.7. The monoisotopic (exact) mass is 390 g/mol. The van der Waals surface area contributed by atoms with Crippen LogP contribution in [0.3, 0.4) is 0 Å². The lowest BCUT2D eigenvalue weighted by atomic mass is 10.1. The molecule has 1 saturated heterocycles. The third kappa shape index (κ3) is 5.95. The molecule has 0 spiro atoms. The van der Waals surface area contributed by atoms with E-state index in [2.05, 4.69) is 15.1 Å². The van der Waals surface area contributed by atoms with Crippen molar-refractivity contribution in [3.05, 3.63) is 23.8 Å². The summed E-state index contributed by atoms with van der Waals surface area (Å²) in [5.74, 6) is -0.993. The predicted octanol–water partition coefficient (Wildman–Crippen LogP) is 1.58. The molecule has 0 aliphatic carbocycles. The van der Waals surface area contributed by atoms with Crippen LogP contribution in [-0.4, -0.2) is 79.5 Å². The molecule has 1 fully saturated rings. The van der Waals surface area contributed by atoms with Crippen LogP contribution in [-0.2, 0) is 9.59 Å². The molecular weight excluding hydrogens is 360 g/mol. The summed E-state index contributed by atoms with van der Waals surface area (Å²) in [7, 11) is 3.49. The van der Waals surface area contributed by atoms with Crippen LogP contribution in [0.4, 0.5) is 11.4 Å². The fourth-order valence-corrected chi connectivity index (χ4v) is 3.08. The van der Waals surface area contributed by atoms with Crippen LogP contribution in [0.1, 0.15) is 30.6 Å². The van der Waals surface area contributed by atoms with Crippen molar-refractivity contribution in [1.29, 1.82) is 0 Å². The molecule has 0 bridgehead atoms. The molecule has 0 aromatic heterocycles. The zero-order valence-corrected chi connectivity index (χ0v) is 17.1. The van der Waals surface area contributed by atoms with Crippen molar-refractivity contribution < 1.29 is 19.5 Å². The van der Waals surface area contributed by atoms with E-state index < -0.39 is 5.97 Å². The van der Waals surface area contributed by atoms with E-state index in [9.17, 15) is 19.5 Å². The first-order chi connectivity index (χ1) is 13.2. The van der Waals surface area contributed by atoms with Crippen LogP contribution < -0.4 is 10.2 Å². The van der Waals surface area contributed by atoms with Gasteiger partial charge in [0.2, 0.25) is 11.8 Å². The number of amides is 2. The van der Waals surface area contributed by atoms with Gasteiger partial charge in [-0.1, -0.05) is 13.8 Å². The lowest BCUT2D eigenvalue weighted by Crippen LogP contribution is -2.49. The molecule has 1 heterocycles. The van der Waals surface area contributed by atoms with Crippen molar-refractivity contribution in [2.75, 3.05) is 57.0 Å². The van der Waals surface area contributed by atoms with Gasteiger partial charge in [0.25, 0.3) is 0 Å². The number of rotatable bonds is 7. The van der Waals surface area contributed by atoms with Gasteiger partial charge in [-0.3, -0.25) is 14.5 Å². The van der Waals surface area contributed by atoms with Crippen LogP contribution in [0.15, 0.2) is 18.2 Å². The summed E-state index contributed by atoms with van der Waals surface area (Å²) in [5.41, 5.74) is 1.20. The van der Waals surface area contributed by atoms with Gasteiger partial charge < -0.3 is 20.2 Å². The molecule has 2 amide bonds. The molecule has 0 radical (unpaired) electrons. The highest BCUT2D eigenvalue weighted by Crippen LogP contribution is 2.25. The molecule has 1 aliphatic rings. The van der Waals surface area contributed by atoms with Crippen molar-refractivity contribution in [3.8, 4) is 0 Å². The average Bonchev–Trinajstić information content (AvgIpc) is 2.61. The lowest BCUT2D eigenvalue weighted by molar-refractivity contribution is -0.130. The van der Waals surface area contributed by atoms with E-state index in [-0.39, 0.29) is 23.3 Å². The largest absolute Gasteiger partial charge is 0.478 e. The second-order valence-electron chi connectivity index (χ2n) is 7.73. The van der Waals surface area contributed by atoms with E-state index in [1.165, 1.54) is 0 Å². The molecular formula is C20H30N4O4. The Labute approximate surface area is 166 Å². The lowest BCUT2D eigenvalue weighted by Gasteiger charge is -2.36. The molecule has 1 aliphatic heterocycles. The summed E-state index contributed by atoms with van der Waals surface area (Å²) in [4.78, 5) is 41.3. The first-order valence-corrected chi connectivity index (χ1v) is 9.52. The molecule has 28 heavy (non-hydrogen) atoms. The van der Waals surface area contributed by atoms with Gasteiger partial charge in [-0.25, -0.2) is 4.79 Å². The second-order valence-corrected chi connectivity index (χ2v) is 7.73. The zero-order chi connectivity index (χ0) is 20.8. The maximum atomic E-state index is 12.0. The topological polar surface area (TPSA) is 93.2 Å². The summed E-state index contributed by atoms with van der Waals surface area (Å²) in [6.45, 7) is 7.14. The minimum absolute atomic E-state index is 0.0723. The Bertz CT molecular complexity index is 725. The highest BCUT2D eigenvalue weighted by molar-refractivity contribution is 6.01. The van der Waals surface area contributed by atoms with Crippen LogP contribution in [0.5, 0.6) is 0 Å². The number of nitrogens with zero attached hydrogens (tertiary/aromatic N) is 3. The van der Waals surface area contributed by atoms with E-state index in [1.807, 2.05) is 19.9 Å². The molecule has 0 atom stereocenters. The quantitative estimate of drug-likeness (QED) is 0.734. The molecule has 2 rings (SSSR count). The van der Waals surface area contributed by atoms with Gasteiger partial charge >= 0.3 is 5.97 Å². The number of aromatic carboxylic acids is 1. The van der Waals surface area contributed by atoms with Gasteiger partial charge in [0, 0.05) is 52.4 Å². The zero-order valence-electron chi connectivity index (χ0n) is 17.1. The summed E-state index contributed by atoms with van der Waals surface area (Å²) < 4.78 is 0. The number of hydrogen-bond acceptors (Lipinski definition) is 5. The fourth-order valence-electron chi connectivity index (χ4n) is 3.08. The van der Waals surface area contributed by atoms with Gasteiger partial charge in [0.1, 0.15) is 0 Å². The molecule has 1 aromatic rings. The van der Waals surface area contributed by atoms with Crippen molar-refractivity contribution in [3.63, 3.8) is 0 Å². The van der Waals surface area contributed by atoms with E-state index >= 15 is 0 Å². The van der Waals surface area contributed by atoms with E-state index in [4.69, 9.17) is 0 Å². The summed E-state index contributed by atoms with van der Waals surface area (Å²) >= 11 is 0. The van der Waals surface area contributed by atoms with E-state index in [0.717, 1.165) is 18.8 Å². The minimum Gasteiger partial charge on any atom is -0.478 e. The van der Waals surface area contributed by atoms with Crippen LogP contribution in [0, 0.1) is 5.92 Å². The normalized spacial score (nSPS) is 14.8. The Morgan fingerprint density at radius 3 is 2.32 bits per heavy atom. The Morgan fingerprint density at radius 1 is 1.14 bits per heavy atom. The van der Waals surface area contributed by atoms with Crippen molar-refractivity contribution in [1.82, 2.24) is 9.80 Å². The Hall–Kier alpha value is -2.61. The number of anilines is 2. The van der Waals surface area contributed by atoms with Crippen molar-refractivity contribution in [2.45, 2.75) is 20.3 Å². The number of piperazine rings is 1. The first-order valence-electron chi connectivity index (χ1n) is 9.52. The summed E-state index contributed by atoms with van der Waals surface area (Å²) in [6, 6.07) is 5.09. The molecule has 8 nitrogen and oxygen atoms in total. The number of benzene rings is 1. The summed E-state index contributed by atoms with van der Waals surface area (Å²) in [5, 5.41) is 12.3. The van der Waals surface area contributed by atoms with Gasteiger partial charge in [0.15, 0.2) is 0 Å². The number of nitrogens with one attached hydrogen (secondary N) is 1. The number of carboxylic acids is 1. The molecule has 8 heteroatoms. The third-order valence-corrected chi connectivity index (χ3v) is 4.70. The smallest absolute Gasteiger partial charge is 0.337 e. The Morgan fingerprint density at radius 2 is 1.79 bits per heavy atom.